The quantitative estimate of drug-likeness (QED) is 0.466. The molecule has 0 saturated carbocycles. The van der Waals surface area contributed by atoms with Gasteiger partial charge in [-0.05, 0) is 22.6 Å². The van der Waals surface area contributed by atoms with Crippen LogP contribution in [0.5, 0.6) is 0 Å². The second-order valence-corrected chi connectivity index (χ2v) is 4.21. The molecule has 92 valence electrons. The van der Waals surface area contributed by atoms with Gasteiger partial charge < -0.3 is 10.2 Å². The van der Waals surface area contributed by atoms with Crippen LogP contribution in [0.1, 0.15) is 37.0 Å². The van der Waals surface area contributed by atoms with Gasteiger partial charge in [0.1, 0.15) is 6.10 Å². The topological polar surface area (TPSA) is 89.2 Å². The molecule has 1 aromatic rings. The van der Waals surface area contributed by atoms with Crippen LogP contribution in [-0.2, 0) is 0 Å². The Kier molecular flexibility index (Phi) is 4.97. The molecule has 0 aliphatic heterocycles. The zero-order valence-electron chi connectivity index (χ0n) is 9.98. The number of hydrogen-bond donors (Lipinski definition) is 2. The molecule has 0 aromatic heterocycles. The lowest BCUT2D eigenvalue weighted by Crippen LogP contribution is -2.22. The van der Waals surface area contributed by atoms with Crippen LogP contribution in [0.3, 0.4) is 0 Å². The maximum absolute atomic E-state index is 10.0. The van der Waals surface area contributed by atoms with E-state index in [-0.39, 0.29) is 12.5 Å². The van der Waals surface area contributed by atoms with Crippen LogP contribution in [0.15, 0.2) is 29.4 Å². The highest BCUT2D eigenvalue weighted by molar-refractivity contribution is 5.32. The molecule has 0 bridgehead atoms. The molecular formula is C12H17N3O2. The Morgan fingerprint density at radius 3 is 2.35 bits per heavy atom. The van der Waals surface area contributed by atoms with Gasteiger partial charge in [0.2, 0.25) is 0 Å². The van der Waals surface area contributed by atoms with Gasteiger partial charge in [-0.3, -0.25) is 0 Å². The molecule has 2 unspecified atom stereocenters. The van der Waals surface area contributed by atoms with Gasteiger partial charge in [-0.1, -0.05) is 43.2 Å². The maximum atomic E-state index is 10.0. The minimum Gasteiger partial charge on any atom is -0.390 e. The molecule has 0 amide bonds. The average Bonchev–Trinajstić information content (AvgIpc) is 2.34. The second kappa shape index (κ2) is 6.25. The first-order valence-electron chi connectivity index (χ1n) is 5.53. The van der Waals surface area contributed by atoms with Crippen LogP contribution in [0, 0.1) is 0 Å². The van der Waals surface area contributed by atoms with Gasteiger partial charge in [0, 0.05) is 4.91 Å². The van der Waals surface area contributed by atoms with E-state index in [0.717, 1.165) is 5.56 Å². The van der Waals surface area contributed by atoms with Crippen LogP contribution < -0.4 is 0 Å². The number of hydrogen-bond acceptors (Lipinski definition) is 3. The second-order valence-electron chi connectivity index (χ2n) is 4.21. The monoisotopic (exact) mass is 235 g/mol. The van der Waals surface area contributed by atoms with Gasteiger partial charge in [0.05, 0.1) is 12.6 Å². The molecule has 17 heavy (non-hydrogen) atoms. The highest BCUT2D eigenvalue weighted by Gasteiger charge is 2.20. The number of aliphatic hydroxyl groups is 2. The summed E-state index contributed by atoms with van der Waals surface area (Å²) >= 11 is 0. The summed E-state index contributed by atoms with van der Waals surface area (Å²) in [5, 5.41) is 23.0. The van der Waals surface area contributed by atoms with E-state index in [1.54, 1.807) is 6.07 Å². The molecular weight excluding hydrogens is 218 g/mol. The van der Waals surface area contributed by atoms with Gasteiger partial charge in [-0.25, -0.2) is 0 Å². The lowest BCUT2D eigenvalue weighted by molar-refractivity contribution is 0.0237. The molecule has 5 heteroatoms. The summed E-state index contributed by atoms with van der Waals surface area (Å²) in [6, 6.07) is 7.40. The Morgan fingerprint density at radius 2 is 1.82 bits per heavy atom. The maximum Gasteiger partial charge on any atom is 0.105 e. The van der Waals surface area contributed by atoms with Crippen LogP contribution in [0.2, 0.25) is 0 Å². The van der Waals surface area contributed by atoms with Crippen LogP contribution in [0.4, 0.5) is 0 Å². The summed E-state index contributed by atoms with van der Waals surface area (Å²) in [7, 11) is 0. The largest absolute Gasteiger partial charge is 0.390 e. The first-order chi connectivity index (χ1) is 8.07. The molecule has 0 fully saturated rings. The zero-order chi connectivity index (χ0) is 12.8. The SMILES string of the molecule is CC(C)c1ccccc1C(O)C(O)CN=[N+]=[N-]. The molecule has 2 N–H and O–H groups in total. The van der Waals surface area contributed by atoms with Crippen molar-refractivity contribution >= 4 is 0 Å². The Morgan fingerprint density at radius 1 is 1.24 bits per heavy atom. The number of nitrogens with zero attached hydrogens (tertiary/aromatic N) is 3. The fourth-order valence-electron chi connectivity index (χ4n) is 1.73. The van der Waals surface area contributed by atoms with Crippen LogP contribution in [-0.4, -0.2) is 22.9 Å². The summed E-state index contributed by atoms with van der Waals surface area (Å²) < 4.78 is 0. The summed E-state index contributed by atoms with van der Waals surface area (Å²) in [5.41, 5.74) is 9.85. The molecule has 0 radical (unpaired) electrons. The Hall–Kier alpha value is -1.55. The fraction of sp³-hybridized carbons (Fsp3) is 0.500. The van der Waals surface area contributed by atoms with E-state index < -0.39 is 12.2 Å². The molecule has 0 aliphatic rings. The predicted octanol–water partition coefficient (Wildman–Crippen LogP) is 2.51. The minimum atomic E-state index is -1.08. The van der Waals surface area contributed by atoms with Gasteiger partial charge in [0.15, 0.2) is 0 Å². The van der Waals surface area contributed by atoms with E-state index >= 15 is 0 Å². The van der Waals surface area contributed by atoms with Gasteiger partial charge in [-0.2, -0.15) is 0 Å². The van der Waals surface area contributed by atoms with Crippen molar-refractivity contribution in [2.45, 2.75) is 32.0 Å². The lowest BCUT2D eigenvalue weighted by Gasteiger charge is -2.21. The number of aliphatic hydroxyl groups excluding tert-OH is 2. The minimum absolute atomic E-state index is 0.135. The Labute approximate surface area is 100 Å². The zero-order valence-corrected chi connectivity index (χ0v) is 9.98. The lowest BCUT2D eigenvalue weighted by atomic mass is 9.92. The van der Waals surface area contributed by atoms with E-state index in [0.29, 0.717) is 5.56 Å². The Bertz CT molecular complexity index is 414. The first kappa shape index (κ1) is 13.5. The van der Waals surface area contributed by atoms with Crippen molar-refractivity contribution in [3.8, 4) is 0 Å². The van der Waals surface area contributed by atoms with Crippen molar-refractivity contribution in [2.75, 3.05) is 6.54 Å². The third-order valence-electron chi connectivity index (χ3n) is 2.63. The molecule has 0 heterocycles. The summed E-state index contributed by atoms with van der Waals surface area (Å²) in [4.78, 5) is 2.56. The Balaban J connectivity index is 2.94. The summed E-state index contributed by atoms with van der Waals surface area (Å²) in [6.07, 6.45) is -2.11. The number of rotatable bonds is 5. The predicted molar refractivity (Wildman–Crippen MR) is 65.5 cm³/mol. The highest BCUT2D eigenvalue weighted by atomic mass is 16.3. The van der Waals surface area contributed by atoms with Crippen molar-refractivity contribution < 1.29 is 10.2 Å². The van der Waals surface area contributed by atoms with Crippen molar-refractivity contribution in [1.29, 1.82) is 0 Å². The first-order valence-corrected chi connectivity index (χ1v) is 5.53. The van der Waals surface area contributed by atoms with E-state index in [1.165, 1.54) is 0 Å². The molecule has 0 aliphatic carbocycles. The fourth-order valence-corrected chi connectivity index (χ4v) is 1.73. The van der Waals surface area contributed by atoms with E-state index in [4.69, 9.17) is 5.53 Å². The molecule has 1 aromatic carbocycles. The third-order valence-corrected chi connectivity index (χ3v) is 2.63. The number of benzene rings is 1. The molecule has 2 atom stereocenters. The summed E-state index contributed by atoms with van der Waals surface area (Å²) in [5.74, 6) is 0.257. The molecule has 1 rings (SSSR count). The average molecular weight is 235 g/mol. The third kappa shape index (κ3) is 3.46. The molecule has 0 spiro atoms. The molecule has 5 nitrogen and oxygen atoms in total. The van der Waals surface area contributed by atoms with E-state index in [1.807, 2.05) is 32.0 Å². The van der Waals surface area contributed by atoms with Crippen LogP contribution in [0.25, 0.3) is 10.4 Å². The van der Waals surface area contributed by atoms with Crippen LogP contribution >= 0.6 is 0 Å². The standard InChI is InChI=1S/C12H17N3O2/c1-8(2)9-5-3-4-6-10(9)12(17)11(16)7-14-15-13/h3-6,8,11-12,16-17H,7H2,1-2H3. The normalized spacial score (nSPS) is 14.2. The van der Waals surface area contributed by atoms with Gasteiger partial charge >= 0.3 is 0 Å². The van der Waals surface area contributed by atoms with Crippen molar-refractivity contribution in [1.82, 2.24) is 0 Å². The van der Waals surface area contributed by atoms with Crippen molar-refractivity contribution in [3.63, 3.8) is 0 Å². The summed E-state index contributed by atoms with van der Waals surface area (Å²) in [6.45, 7) is 3.90. The van der Waals surface area contributed by atoms with Crippen molar-refractivity contribution in [2.24, 2.45) is 5.11 Å². The highest BCUT2D eigenvalue weighted by Crippen LogP contribution is 2.26. The smallest absolute Gasteiger partial charge is 0.105 e. The number of azide groups is 1. The van der Waals surface area contributed by atoms with E-state index in [2.05, 4.69) is 10.0 Å². The molecule has 0 saturated heterocycles. The van der Waals surface area contributed by atoms with E-state index in [9.17, 15) is 10.2 Å². The van der Waals surface area contributed by atoms with Gasteiger partial charge in [0.25, 0.3) is 0 Å². The van der Waals surface area contributed by atoms with Crippen molar-refractivity contribution in [3.05, 3.63) is 45.8 Å². The van der Waals surface area contributed by atoms with Gasteiger partial charge in [-0.15, -0.1) is 0 Å².